The van der Waals surface area contributed by atoms with Crippen molar-refractivity contribution < 1.29 is 4.79 Å². The van der Waals surface area contributed by atoms with Crippen molar-refractivity contribution in [1.82, 2.24) is 29.9 Å². The Hall–Kier alpha value is -2.12. The van der Waals surface area contributed by atoms with Crippen LogP contribution in [0.3, 0.4) is 0 Å². The van der Waals surface area contributed by atoms with Crippen LogP contribution in [-0.2, 0) is 17.8 Å². The zero-order chi connectivity index (χ0) is 18.7. The van der Waals surface area contributed by atoms with E-state index in [-0.39, 0.29) is 11.8 Å². The first kappa shape index (κ1) is 18.7. The van der Waals surface area contributed by atoms with E-state index in [4.69, 9.17) is 0 Å². The molecule has 2 aliphatic rings. The molecule has 0 aliphatic carbocycles. The van der Waals surface area contributed by atoms with Crippen LogP contribution in [0, 0.1) is 18.8 Å². The fourth-order valence-electron chi connectivity index (χ4n) is 3.77. The molecular formula is C18H31N7O. The average molecular weight is 361 g/mol. The highest BCUT2D eigenvalue weighted by Gasteiger charge is 2.26. The molecule has 3 heterocycles. The summed E-state index contributed by atoms with van der Waals surface area (Å²) in [5.74, 6) is 3.91. The minimum atomic E-state index is 0.0660. The van der Waals surface area contributed by atoms with Gasteiger partial charge in [-0.1, -0.05) is 13.8 Å². The van der Waals surface area contributed by atoms with Gasteiger partial charge >= 0.3 is 0 Å². The van der Waals surface area contributed by atoms with Gasteiger partial charge in [0.2, 0.25) is 5.91 Å². The van der Waals surface area contributed by atoms with Gasteiger partial charge < -0.3 is 19.7 Å². The van der Waals surface area contributed by atoms with Gasteiger partial charge in [0.25, 0.3) is 0 Å². The zero-order valence-electron chi connectivity index (χ0n) is 16.4. The molecule has 3 rings (SSSR count). The molecule has 26 heavy (non-hydrogen) atoms. The molecule has 0 aromatic carbocycles. The van der Waals surface area contributed by atoms with Crippen LogP contribution in [0.4, 0.5) is 0 Å². The van der Waals surface area contributed by atoms with Crippen LogP contribution in [0.1, 0.15) is 31.9 Å². The first-order valence-electron chi connectivity index (χ1n) is 9.62. The lowest BCUT2D eigenvalue weighted by Gasteiger charge is -2.37. The molecule has 0 saturated carbocycles. The van der Waals surface area contributed by atoms with Gasteiger partial charge in [0, 0.05) is 58.7 Å². The number of hydrogen-bond donors (Lipinski definition) is 1. The van der Waals surface area contributed by atoms with E-state index < -0.39 is 0 Å². The Balaban J connectivity index is 1.49. The number of hydrogen-bond acceptors (Lipinski definition) is 4. The summed E-state index contributed by atoms with van der Waals surface area (Å²) >= 11 is 0. The van der Waals surface area contributed by atoms with Crippen LogP contribution >= 0.6 is 0 Å². The van der Waals surface area contributed by atoms with Gasteiger partial charge in [0.15, 0.2) is 5.96 Å². The fraction of sp³-hybridized carbons (Fsp3) is 0.778. The lowest BCUT2D eigenvalue weighted by molar-refractivity contribution is -0.135. The Morgan fingerprint density at radius 1 is 1.23 bits per heavy atom. The summed E-state index contributed by atoms with van der Waals surface area (Å²) in [6.45, 7) is 11.0. The number of guanidine groups is 1. The van der Waals surface area contributed by atoms with E-state index in [0.29, 0.717) is 5.92 Å². The van der Waals surface area contributed by atoms with Gasteiger partial charge in [-0.15, -0.1) is 10.2 Å². The number of carbonyl (C=O) groups is 1. The molecular weight excluding hydrogens is 330 g/mol. The Labute approximate surface area is 155 Å². The van der Waals surface area contributed by atoms with Crippen molar-refractivity contribution in [1.29, 1.82) is 0 Å². The third-order valence-corrected chi connectivity index (χ3v) is 5.37. The molecule has 1 fully saturated rings. The van der Waals surface area contributed by atoms with Crippen LogP contribution in [0.15, 0.2) is 4.99 Å². The molecule has 0 bridgehead atoms. The average Bonchev–Trinajstić information content (AvgIpc) is 3.02. The minimum absolute atomic E-state index is 0.0660. The Bertz CT molecular complexity index is 658. The molecule has 0 radical (unpaired) electrons. The van der Waals surface area contributed by atoms with E-state index in [1.165, 1.54) is 0 Å². The standard InChI is InChI=1S/C18H31N7O/c1-13(2)17(26)23-7-9-24(10-8-23)18(19-4)20-11-15-5-6-16-22-21-14(3)25(16)12-15/h13,15H,5-12H2,1-4H3,(H,19,20). The number of amides is 1. The predicted molar refractivity (Wildman–Crippen MR) is 101 cm³/mol. The maximum atomic E-state index is 12.1. The van der Waals surface area contributed by atoms with E-state index in [1.54, 1.807) is 0 Å². The molecule has 2 aliphatic heterocycles. The van der Waals surface area contributed by atoms with E-state index in [1.807, 2.05) is 32.7 Å². The number of aliphatic imine (C=N–C) groups is 1. The Morgan fingerprint density at radius 3 is 2.58 bits per heavy atom. The summed E-state index contributed by atoms with van der Waals surface area (Å²) < 4.78 is 2.23. The largest absolute Gasteiger partial charge is 0.356 e. The molecule has 0 spiro atoms. The number of carbonyl (C=O) groups excluding carboxylic acids is 1. The van der Waals surface area contributed by atoms with Crippen LogP contribution in [0.25, 0.3) is 0 Å². The SMILES string of the molecule is CN=C(NCC1CCc2nnc(C)n2C1)N1CCN(C(=O)C(C)C)CC1. The van der Waals surface area contributed by atoms with E-state index in [2.05, 4.69) is 30.0 Å². The van der Waals surface area contributed by atoms with Gasteiger partial charge in [-0.25, -0.2) is 0 Å². The van der Waals surface area contributed by atoms with Crippen molar-refractivity contribution in [3.05, 3.63) is 11.6 Å². The molecule has 1 atom stereocenters. The van der Waals surface area contributed by atoms with Gasteiger partial charge in [0.05, 0.1) is 0 Å². The first-order valence-corrected chi connectivity index (χ1v) is 9.62. The van der Waals surface area contributed by atoms with Crippen molar-refractivity contribution in [2.24, 2.45) is 16.8 Å². The van der Waals surface area contributed by atoms with Crippen molar-refractivity contribution in [3.8, 4) is 0 Å². The van der Waals surface area contributed by atoms with Gasteiger partial charge in [-0.2, -0.15) is 0 Å². The summed E-state index contributed by atoms with van der Waals surface area (Å²) in [7, 11) is 1.83. The molecule has 1 aromatic heterocycles. The number of nitrogens with one attached hydrogen (secondary N) is 1. The van der Waals surface area contributed by atoms with Crippen molar-refractivity contribution in [2.75, 3.05) is 39.8 Å². The third kappa shape index (κ3) is 3.99. The van der Waals surface area contributed by atoms with Gasteiger partial charge in [0.1, 0.15) is 11.6 Å². The monoisotopic (exact) mass is 361 g/mol. The zero-order valence-corrected chi connectivity index (χ0v) is 16.4. The maximum Gasteiger partial charge on any atom is 0.225 e. The second-order valence-electron chi connectivity index (χ2n) is 7.57. The Morgan fingerprint density at radius 2 is 1.92 bits per heavy atom. The smallest absolute Gasteiger partial charge is 0.225 e. The summed E-state index contributed by atoms with van der Waals surface area (Å²) in [5, 5.41) is 12.0. The molecule has 8 heteroatoms. The number of piperazine rings is 1. The number of aromatic nitrogens is 3. The first-order chi connectivity index (χ1) is 12.5. The number of nitrogens with zero attached hydrogens (tertiary/aromatic N) is 6. The third-order valence-electron chi connectivity index (χ3n) is 5.37. The van der Waals surface area contributed by atoms with Crippen molar-refractivity contribution in [3.63, 3.8) is 0 Å². The quantitative estimate of drug-likeness (QED) is 0.627. The van der Waals surface area contributed by atoms with Gasteiger partial charge in [-0.3, -0.25) is 9.79 Å². The lowest BCUT2D eigenvalue weighted by Crippen LogP contribution is -2.55. The fourth-order valence-corrected chi connectivity index (χ4v) is 3.77. The highest BCUT2D eigenvalue weighted by Crippen LogP contribution is 2.19. The summed E-state index contributed by atoms with van der Waals surface area (Å²) in [4.78, 5) is 20.8. The van der Waals surface area contributed by atoms with Crippen LogP contribution in [0.5, 0.6) is 0 Å². The molecule has 1 saturated heterocycles. The molecule has 8 nitrogen and oxygen atoms in total. The number of fused-ring (bicyclic) bond motifs is 1. The van der Waals surface area contributed by atoms with Gasteiger partial charge in [-0.05, 0) is 19.3 Å². The van der Waals surface area contributed by atoms with Crippen LogP contribution in [-0.4, -0.2) is 76.2 Å². The van der Waals surface area contributed by atoms with E-state index >= 15 is 0 Å². The van der Waals surface area contributed by atoms with E-state index in [0.717, 1.165) is 69.7 Å². The summed E-state index contributed by atoms with van der Waals surface area (Å²) in [6, 6.07) is 0. The highest BCUT2D eigenvalue weighted by molar-refractivity contribution is 5.81. The van der Waals surface area contributed by atoms with Crippen LogP contribution in [0.2, 0.25) is 0 Å². The molecule has 1 unspecified atom stereocenters. The molecule has 1 N–H and O–H groups in total. The Kier molecular flexibility index (Phi) is 5.78. The van der Waals surface area contributed by atoms with E-state index in [9.17, 15) is 4.79 Å². The second-order valence-corrected chi connectivity index (χ2v) is 7.57. The summed E-state index contributed by atoms with van der Waals surface area (Å²) in [6.07, 6.45) is 2.11. The maximum absolute atomic E-state index is 12.1. The second kappa shape index (κ2) is 8.05. The number of rotatable bonds is 3. The number of aryl methyl sites for hydroxylation is 2. The summed E-state index contributed by atoms with van der Waals surface area (Å²) in [5.41, 5.74) is 0. The lowest BCUT2D eigenvalue weighted by atomic mass is 9.99. The topological polar surface area (TPSA) is 78.7 Å². The molecule has 1 aromatic rings. The minimum Gasteiger partial charge on any atom is -0.356 e. The predicted octanol–water partition coefficient (Wildman–Crippen LogP) is 0.525. The normalized spacial score (nSPS) is 21.1. The van der Waals surface area contributed by atoms with Crippen LogP contribution < -0.4 is 5.32 Å². The van der Waals surface area contributed by atoms with Crippen molar-refractivity contribution in [2.45, 2.75) is 40.2 Å². The van der Waals surface area contributed by atoms with Crippen molar-refractivity contribution >= 4 is 11.9 Å². The highest BCUT2D eigenvalue weighted by atomic mass is 16.2. The molecule has 144 valence electrons. The molecule has 1 amide bonds.